The van der Waals surface area contributed by atoms with Gasteiger partial charge in [-0.2, -0.15) is 0 Å². The summed E-state index contributed by atoms with van der Waals surface area (Å²) in [5.41, 5.74) is 0.744. The van der Waals surface area contributed by atoms with Crippen LogP contribution in [0.15, 0.2) is 11.4 Å². The van der Waals surface area contributed by atoms with Crippen molar-refractivity contribution in [1.29, 1.82) is 0 Å². The standard InChI is InChI=1S/C12H21N3O2S/c1-8(2)9(3)14-11(17)7-18-12-13-5-10(6-16)15(12)4/h5,8-9,16H,6-7H2,1-4H3,(H,14,17). The van der Waals surface area contributed by atoms with Crippen LogP contribution in [0.3, 0.4) is 0 Å². The average Bonchev–Trinajstić information content (AvgIpc) is 2.67. The third-order valence-corrected chi connectivity index (χ3v) is 3.97. The molecule has 1 amide bonds. The summed E-state index contributed by atoms with van der Waals surface area (Å²) in [6, 6.07) is 0.174. The van der Waals surface area contributed by atoms with E-state index in [9.17, 15) is 4.79 Å². The van der Waals surface area contributed by atoms with Crippen LogP contribution in [0.5, 0.6) is 0 Å². The fraction of sp³-hybridized carbons (Fsp3) is 0.667. The average molecular weight is 271 g/mol. The molecule has 5 nitrogen and oxygen atoms in total. The molecule has 0 saturated carbocycles. The van der Waals surface area contributed by atoms with Crippen LogP contribution in [0, 0.1) is 5.92 Å². The summed E-state index contributed by atoms with van der Waals surface area (Å²) >= 11 is 1.37. The lowest BCUT2D eigenvalue weighted by atomic mass is 10.1. The summed E-state index contributed by atoms with van der Waals surface area (Å²) in [5, 5.41) is 12.7. The second-order valence-corrected chi connectivity index (χ2v) is 5.58. The van der Waals surface area contributed by atoms with Crippen LogP contribution in [0.2, 0.25) is 0 Å². The summed E-state index contributed by atoms with van der Waals surface area (Å²) in [6.07, 6.45) is 1.62. The number of nitrogens with zero attached hydrogens (tertiary/aromatic N) is 2. The molecule has 1 aromatic rings. The fourth-order valence-corrected chi connectivity index (χ4v) is 2.08. The van der Waals surface area contributed by atoms with Gasteiger partial charge in [-0.1, -0.05) is 25.6 Å². The Morgan fingerprint density at radius 1 is 1.56 bits per heavy atom. The molecule has 1 atom stereocenters. The van der Waals surface area contributed by atoms with Gasteiger partial charge in [-0.3, -0.25) is 4.79 Å². The Morgan fingerprint density at radius 2 is 2.22 bits per heavy atom. The normalized spacial score (nSPS) is 12.8. The van der Waals surface area contributed by atoms with Crippen molar-refractivity contribution < 1.29 is 9.90 Å². The SMILES string of the molecule is CC(C)C(C)NC(=O)CSc1ncc(CO)n1C. The van der Waals surface area contributed by atoms with Crippen molar-refractivity contribution in [2.24, 2.45) is 13.0 Å². The van der Waals surface area contributed by atoms with Crippen LogP contribution < -0.4 is 5.32 Å². The molecule has 0 radical (unpaired) electrons. The van der Waals surface area contributed by atoms with Gasteiger partial charge in [-0.05, 0) is 12.8 Å². The van der Waals surface area contributed by atoms with Crippen molar-refractivity contribution in [1.82, 2.24) is 14.9 Å². The summed E-state index contributed by atoms with van der Waals surface area (Å²) < 4.78 is 1.80. The Balaban J connectivity index is 2.45. The van der Waals surface area contributed by atoms with Gasteiger partial charge in [0.25, 0.3) is 0 Å². The van der Waals surface area contributed by atoms with E-state index in [1.54, 1.807) is 10.8 Å². The van der Waals surface area contributed by atoms with Crippen LogP contribution in [0.4, 0.5) is 0 Å². The number of aliphatic hydroxyl groups excluding tert-OH is 1. The van der Waals surface area contributed by atoms with Crippen molar-refractivity contribution in [3.8, 4) is 0 Å². The van der Waals surface area contributed by atoms with Gasteiger partial charge in [-0.25, -0.2) is 4.98 Å². The van der Waals surface area contributed by atoms with Crippen LogP contribution in [-0.4, -0.2) is 32.4 Å². The molecule has 0 aliphatic rings. The number of aliphatic hydroxyl groups is 1. The zero-order chi connectivity index (χ0) is 13.7. The van der Waals surface area contributed by atoms with Crippen molar-refractivity contribution >= 4 is 17.7 Å². The van der Waals surface area contributed by atoms with Gasteiger partial charge in [-0.15, -0.1) is 0 Å². The first-order chi connectivity index (χ1) is 8.45. The molecule has 0 saturated heterocycles. The van der Waals surface area contributed by atoms with Gasteiger partial charge in [0.1, 0.15) is 0 Å². The summed E-state index contributed by atoms with van der Waals surface area (Å²) in [4.78, 5) is 15.9. The molecule has 0 bridgehead atoms. The summed E-state index contributed by atoms with van der Waals surface area (Å²) in [5.74, 6) is 0.773. The first kappa shape index (κ1) is 15.0. The number of hydrogen-bond acceptors (Lipinski definition) is 4. The highest BCUT2D eigenvalue weighted by atomic mass is 32.2. The molecule has 2 N–H and O–H groups in total. The molecule has 1 aromatic heterocycles. The van der Waals surface area contributed by atoms with E-state index < -0.39 is 0 Å². The number of imidazole rings is 1. The summed E-state index contributed by atoms with van der Waals surface area (Å²) in [7, 11) is 1.83. The first-order valence-electron chi connectivity index (χ1n) is 5.99. The van der Waals surface area contributed by atoms with E-state index in [0.29, 0.717) is 11.7 Å². The minimum Gasteiger partial charge on any atom is -0.390 e. The maximum Gasteiger partial charge on any atom is 0.230 e. The van der Waals surface area contributed by atoms with E-state index in [4.69, 9.17) is 5.11 Å². The lowest BCUT2D eigenvalue weighted by Crippen LogP contribution is -2.37. The molecular formula is C12H21N3O2S. The first-order valence-corrected chi connectivity index (χ1v) is 6.97. The Hall–Kier alpha value is -1.01. The lowest BCUT2D eigenvalue weighted by molar-refractivity contribution is -0.119. The number of rotatable bonds is 6. The number of amides is 1. The predicted molar refractivity (Wildman–Crippen MR) is 72.3 cm³/mol. The third kappa shape index (κ3) is 4.03. The number of carbonyl (C=O) groups excluding carboxylic acids is 1. The van der Waals surface area contributed by atoms with Crippen LogP contribution in [0.25, 0.3) is 0 Å². The van der Waals surface area contributed by atoms with E-state index in [-0.39, 0.29) is 18.6 Å². The quantitative estimate of drug-likeness (QED) is 0.762. The molecule has 1 rings (SSSR count). The van der Waals surface area contributed by atoms with Crippen LogP contribution >= 0.6 is 11.8 Å². The fourth-order valence-electron chi connectivity index (χ4n) is 1.30. The largest absolute Gasteiger partial charge is 0.390 e. The molecule has 1 heterocycles. The molecule has 102 valence electrons. The Morgan fingerprint density at radius 3 is 2.72 bits per heavy atom. The maximum atomic E-state index is 11.7. The third-order valence-electron chi connectivity index (χ3n) is 2.92. The zero-order valence-electron chi connectivity index (χ0n) is 11.3. The highest BCUT2D eigenvalue weighted by Crippen LogP contribution is 2.17. The number of carbonyl (C=O) groups is 1. The molecule has 18 heavy (non-hydrogen) atoms. The van der Waals surface area contributed by atoms with Gasteiger partial charge in [0.2, 0.25) is 5.91 Å². The molecule has 1 unspecified atom stereocenters. The molecule has 6 heteroatoms. The highest BCUT2D eigenvalue weighted by molar-refractivity contribution is 7.99. The van der Waals surface area contributed by atoms with Crippen molar-refractivity contribution in [2.45, 2.75) is 38.6 Å². The van der Waals surface area contributed by atoms with Crippen molar-refractivity contribution in [3.63, 3.8) is 0 Å². The molecule has 0 aromatic carbocycles. The highest BCUT2D eigenvalue weighted by Gasteiger charge is 2.12. The van der Waals surface area contributed by atoms with E-state index in [2.05, 4.69) is 24.1 Å². The smallest absolute Gasteiger partial charge is 0.230 e. The molecular weight excluding hydrogens is 250 g/mol. The van der Waals surface area contributed by atoms with E-state index in [1.807, 2.05) is 14.0 Å². The maximum absolute atomic E-state index is 11.7. The minimum absolute atomic E-state index is 0.00903. The predicted octanol–water partition coefficient (Wildman–Crippen LogP) is 1.17. The topological polar surface area (TPSA) is 67.2 Å². The summed E-state index contributed by atoms with van der Waals surface area (Å²) in [6.45, 7) is 6.10. The van der Waals surface area contributed by atoms with Crippen molar-refractivity contribution in [2.75, 3.05) is 5.75 Å². The van der Waals surface area contributed by atoms with Gasteiger partial charge in [0, 0.05) is 13.1 Å². The molecule has 0 aliphatic heterocycles. The van der Waals surface area contributed by atoms with Gasteiger partial charge in [0.05, 0.1) is 24.3 Å². The molecule has 0 spiro atoms. The Labute approximate surface area is 112 Å². The lowest BCUT2D eigenvalue weighted by Gasteiger charge is -2.17. The second-order valence-electron chi connectivity index (χ2n) is 4.64. The Kier molecular flexibility index (Phi) is 5.68. The van der Waals surface area contributed by atoms with E-state index >= 15 is 0 Å². The minimum atomic E-state index is -0.0410. The van der Waals surface area contributed by atoms with E-state index in [0.717, 1.165) is 10.9 Å². The van der Waals surface area contributed by atoms with Gasteiger partial charge >= 0.3 is 0 Å². The number of aromatic nitrogens is 2. The Bertz CT molecular complexity index is 404. The molecule has 0 fully saturated rings. The van der Waals surface area contributed by atoms with Crippen LogP contribution in [-0.2, 0) is 18.4 Å². The number of nitrogens with one attached hydrogen (secondary N) is 1. The van der Waals surface area contributed by atoms with Gasteiger partial charge in [0.15, 0.2) is 5.16 Å². The van der Waals surface area contributed by atoms with Crippen molar-refractivity contribution in [3.05, 3.63) is 11.9 Å². The van der Waals surface area contributed by atoms with Gasteiger partial charge < -0.3 is 15.0 Å². The van der Waals surface area contributed by atoms with E-state index in [1.165, 1.54) is 11.8 Å². The number of thioether (sulfide) groups is 1. The monoisotopic (exact) mass is 271 g/mol. The second kappa shape index (κ2) is 6.80. The molecule has 0 aliphatic carbocycles. The zero-order valence-corrected chi connectivity index (χ0v) is 12.1. The van der Waals surface area contributed by atoms with Crippen LogP contribution in [0.1, 0.15) is 26.5 Å². The number of hydrogen-bond donors (Lipinski definition) is 2.